The zero-order valence-electron chi connectivity index (χ0n) is 12.4. The number of aliphatic carboxylic acids is 1. The Balaban J connectivity index is 2.48. The first-order chi connectivity index (χ1) is 9.25. The molecule has 0 aromatic rings. The molecule has 1 aliphatic rings. The normalized spacial score (nSPS) is 18.7. The number of aliphatic hydroxyl groups is 1. The molecule has 1 fully saturated rings. The van der Waals surface area contributed by atoms with E-state index >= 15 is 0 Å². The fourth-order valence-electron chi connectivity index (χ4n) is 2.21. The highest BCUT2D eigenvalue weighted by molar-refractivity contribution is 5.82. The van der Waals surface area contributed by atoms with Crippen LogP contribution in [0.5, 0.6) is 0 Å². The Hall–Kier alpha value is -1.34. The monoisotopic (exact) mass is 287 g/mol. The molecular weight excluding hydrogens is 262 g/mol. The standard InChI is InChI=1S/C13H25N3O4/c1-13(2,3)16-7-5-15(6-8-16)12(20)14-10(4-9-17)11(18)19/h10,17H,4-9H2,1-3H3,(H,14,20)(H,18,19)/t10-/m1/s1. The second-order valence-corrected chi connectivity index (χ2v) is 6.00. The molecule has 20 heavy (non-hydrogen) atoms. The van der Waals surface area contributed by atoms with Gasteiger partial charge in [0.05, 0.1) is 0 Å². The van der Waals surface area contributed by atoms with E-state index in [1.54, 1.807) is 4.90 Å². The molecule has 0 spiro atoms. The first kappa shape index (κ1) is 16.7. The number of hydrogen-bond donors (Lipinski definition) is 3. The molecule has 0 aromatic carbocycles. The van der Waals surface area contributed by atoms with Crippen LogP contribution in [0, 0.1) is 0 Å². The number of aliphatic hydroxyl groups excluding tert-OH is 1. The number of nitrogens with zero attached hydrogens (tertiary/aromatic N) is 2. The number of rotatable bonds is 4. The van der Waals surface area contributed by atoms with Gasteiger partial charge in [-0.1, -0.05) is 0 Å². The van der Waals surface area contributed by atoms with E-state index in [0.717, 1.165) is 13.1 Å². The lowest BCUT2D eigenvalue weighted by Crippen LogP contribution is -2.58. The van der Waals surface area contributed by atoms with Gasteiger partial charge in [0.1, 0.15) is 6.04 Å². The van der Waals surface area contributed by atoms with Gasteiger partial charge >= 0.3 is 12.0 Å². The molecule has 3 N–H and O–H groups in total. The van der Waals surface area contributed by atoms with E-state index < -0.39 is 12.0 Å². The Bertz CT molecular complexity index is 346. The van der Waals surface area contributed by atoms with Crippen molar-refractivity contribution in [3.05, 3.63) is 0 Å². The minimum Gasteiger partial charge on any atom is -0.480 e. The highest BCUT2D eigenvalue weighted by Gasteiger charge is 2.29. The average molecular weight is 287 g/mol. The van der Waals surface area contributed by atoms with E-state index in [1.807, 2.05) is 0 Å². The molecule has 1 atom stereocenters. The number of urea groups is 1. The molecular formula is C13H25N3O4. The van der Waals surface area contributed by atoms with Crippen molar-refractivity contribution in [2.45, 2.75) is 38.8 Å². The van der Waals surface area contributed by atoms with Crippen LogP contribution in [0.15, 0.2) is 0 Å². The predicted octanol–water partition coefficient (Wildman–Crippen LogP) is -0.0523. The Morgan fingerprint density at radius 3 is 2.15 bits per heavy atom. The molecule has 7 heteroatoms. The number of hydrogen-bond acceptors (Lipinski definition) is 4. The molecule has 0 radical (unpaired) electrons. The van der Waals surface area contributed by atoms with Gasteiger partial charge in [0, 0.05) is 44.7 Å². The van der Waals surface area contributed by atoms with E-state index in [0.29, 0.717) is 13.1 Å². The Kier molecular flexibility index (Phi) is 5.76. The smallest absolute Gasteiger partial charge is 0.326 e. The molecule has 0 saturated carbocycles. The summed E-state index contributed by atoms with van der Waals surface area (Å²) in [5.74, 6) is -1.12. The van der Waals surface area contributed by atoms with Crippen molar-refractivity contribution < 1.29 is 19.8 Å². The summed E-state index contributed by atoms with van der Waals surface area (Å²) < 4.78 is 0. The maximum Gasteiger partial charge on any atom is 0.326 e. The summed E-state index contributed by atoms with van der Waals surface area (Å²) in [5.41, 5.74) is 0.0725. The van der Waals surface area contributed by atoms with Gasteiger partial charge in [-0.2, -0.15) is 0 Å². The summed E-state index contributed by atoms with van der Waals surface area (Å²) in [6.45, 7) is 8.82. The number of carboxylic acids is 1. The van der Waals surface area contributed by atoms with Gasteiger partial charge in [0.25, 0.3) is 0 Å². The van der Waals surface area contributed by atoms with Crippen LogP contribution in [-0.4, -0.2) is 76.4 Å². The second kappa shape index (κ2) is 6.90. The first-order valence-electron chi connectivity index (χ1n) is 6.90. The molecule has 7 nitrogen and oxygen atoms in total. The maximum absolute atomic E-state index is 12.0. The zero-order valence-corrected chi connectivity index (χ0v) is 12.4. The molecule has 1 saturated heterocycles. The molecule has 0 bridgehead atoms. The van der Waals surface area contributed by atoms with Crippen LogP contribution in [0.3, 0.4) is 0 Å². The topological polar surface area (TPSA) is 93.1 Å². The van der Waals surface area contributed by atoms with Gasteiger partial charge in [-0.3, -0.25) is 4.90 Å². The molecule has 1 heterocycles. The SMILES string of the molecule is CC(C)(C)N1CCN(C(=O)N[C@H](CCO)C(=O)O)CC1. The summed E-state index contributed by atoms with van der Waals surface area (Å²) >= 11 is 0. The summed E-state index contributed by atoms with van der Waals surface area (Å²) in [7, 11) is 0. The minimum absolute atomic E-state index is 0.0169. The zero-order chi connectivity index (χ0) is 15.3. The lowest BCUT2D eigenvalue weighted by Gasteiger charge is -2.42. The van der Waals surface area contributed by atoms with Gasteiger partial charge in [-0.05, 0) is 20.8 Å². The van der Waals surface area contributed by atoms with Crippen LogP contribution >= 0.6 is 0 Å². The fraction of sp³-hybridized carbons (Fsp3) is 0.846. The highest BCUT2D eigenvalue weighted by Crippen LogP contribution is 2.15. The lowest BCUT2D eigenvalue weighted by atomic mass is 10.1. The lowest BCUT2D eigenvalue weighted by molar-refractivity contribution is -0.139. The molecule has 0 aromatic heterocycles. The molecule has 1 rings (SSSR count). The van der Waals surface area contributed by atoms with Gasteiger partial charge in [-0.25, -0.2) is 9.59 Å². The van der Waals surface area contributed by atoms with Crippen LogP contribution in [0.4, 0.5) is 4.79 Å². The largest absolute Gasteiger partial charge is 0.480 e. The van der Waals surface area contributed by atoms with Crippen molar-refractivity contribution in [1.82, 2.24) is 15.1 Å². The van der Waals surface area contributed by atoms with Gasteiger partial charge in [0.15, 0.2) is 0 Å². The van der Waals surface area contributed by atoms with E-state index in [9.17, 15) is 9.59 Å². The van der Waals surface area contributed by atoms with Gasteiger partial charge in [-0.15, -0.1) is 0 Å². The molecule has 116 valence electrons. The summed E-state index contributed by atoms with van der Waals surface area (Å²) in [6, 6.07) is -1.41. The Morgan fingerprint density at radius 1 is 1.20 bits per heavy atom. The average Bonchev–Trinajstić information content (AvgIpc) is 2.37. The Labute approximate surface area is 119 Å². The van der Waals surface area contributed by atoms with Crippen LogP contribution < -0.4 is 5.32 Å². The van der Waals surface area contributed by atoms with E-state index in [-0.39, 0.29) is 24.6 Å². The van der Waals surface area contributed by atoms with Gasteiger partial charge in [0.2, 0.25) is 0 Å². The van der Waals surface area contributed by atoms with Crippen molar-refractivity contribution in [3.63, 3.8) is 0 Å². The number of piperazine rings is 1. The molecule has 2 amide bonds. The third kappa shape index (κ3) is 4.64. The van der Waals surface area contributed by atoms with Crippen molar-refractivity contribution in [2.75, 3.05) is 32.8 Å². The number of carboxylic acid groups (broad SMARTS) is 1. The summed E-state index contributed by atoms with van der Waals surface area (Å²) in [4.78, 5) is 26.8. The van der Waals surface area contributed by atoms with E-state index in [2.05, 4.69) is 31.0 Å². The first-order valence-corrected chi connectivity index (χ1v) is 6.90. The van der Waals surface area contributed by atoms with E-state index in [4.69, 9.17) is 10.2 Å². The number of carbonyl (C=O) groups excluding carboxylic acids is 1. The fourth-order valence-corrected chi connectivity index (χ4v) is 2.21. The maximum atomic E-state index is 12.0. The van der Waals surface area contributed by atoms with Crippen LogP contribution in [0.2, 0.25) is 0 Å². The number of amides is 2. The van der Waals surface area contributed by atoms with Crippen LogP contribution in [-0.2, 0) is 4.79 Å². The summed E-state index contributed by atoms with van der Waals surface area (Å²) in [5, 5.41) is 20.2. The molecule has 0 aliphatic carbocycles. The van der Waals surface area contributed by atoms with Gasteiger partial charge < -0.3 is 20.4 Å². The molecule has 1 aliphatic heterocycles. The quantitative estimate of drug-likeness (QED) is 0.674. The highest BCUT2D eigenvalue weighted by atomic mass is 16.4. The van der Waals surface area contributed by atoms with Crippen molar-refractivity contribution in [2.24, 2.45) is 0 Å². The minimum atomic E-state index is -1.12. The predicted molar refractivity (Wildman–Crippen MR) is 74.6 cm³/mol. The number of nitrogens with one attached hydrogen (secondary N) is 1. The summed E-state index contributed by atoms with van der Waals surface area (Å²) in [6.07, 6.45) is 0.0169. The van der Waals surface area contributed by atoms with Crippen LogP contribution in [0.1, 0.15) is 27.2 Å². The van der Waals surface area contributed by atoms with Crippen molar-refractivity contribution in [1.29, 1.82) is 0 Å². The molecule has 0 unspecified atom stereocenters. The van der Waals surface area contributed by atoms with Crippen molar-refractivity contribution in [3.8, 4) is 0 Å². The van der Waals surface area contributed by atoms with Crippen molar-refractivity contribution >= 4 is 12.0 Å². The third-order valence-corrected chi connectivity index (χ3v) is 3.53. The van der Waals surface area contributed by atoms with Crippen LogP contribution in [0.25, 0.3) is 0 Å². The third-order valence-electron chi connectivity index (χ3n) is 3.53. The Morgan fingerprint density at radius 2 is 1.75 bits per heavy atom. The van der Waals surface area contributed by atoms with E-state index in [1.165, 1.54) is 0 Å². The number of carbonyl (C=O) groups is 2. The second-order valence-electron chi connectivity index (χ2n) is 6.00.